The lowest BCUT2D eigenvalue weighted by Crippen LogP contribution is -2.43. The number of halogens is 1. The Balaban J connectivity index is 2.53. The van der Waals surface area contributed by atoms with Crippen LogP contribution < -0.4 is 11.4 Å². The summed E-state index contributed by atoms with van der Waals surface area (Å²) >= 11 is 0. The second kappa shape index (κ2) is 5.18. The summed E-state index contributed by atoms with van der Waals surface area (Å²) in [6, 6.07) is 1.29. The normalized spacial score (nSPS) is 32.9. The van der Waals surface area contributed by atoms with Gasteiger partial charge in [-0.1, -0.05) is 6.58 Å². The Morgan fingerprint density at radius 3 is 3.00 bits per heavy atom. The van der Waals surface area contributed by atoms with Gasteiger partial charge in [-0.25, -0.2) is 9.18 Å². The van der Waals surface area contributed by atoms with Crippen molar-refractivity contribution in [3.05, 3.63) is 41.1 Å². The van der Waals surface area contributed by atoms with Crippen molar-refractivity contribution < 1.29 is 19.3 Å². The summed E-state index contributed by atoms with van der Waals surface area (Å²) in [5.41, 5.74) is 4.28. The van der Waals surface area contributed by atoms with Crippen LogP contribution in [0.5, 0.6) is 0 Å². The van der Waals surface area contributed by atoms with Gasteiger partial charge in [0, 0.05) is 12.3 Å². The Morgan fingerprint density at radius 1 is 1.75 bits per heavy atom. The predicted molar refractivity (Wildman–Crippen MR) is 67.5 cm³/mol. The molecule has 0 aromatic carbocycles. The van der Waals surface area contributed by atoms with Gasteiger partial charge in [0.05, 0.1) is 6.61 Å². The summed E-state index contributed by atoms with van der Waals surface area (Å²) in [4.78, 5) is 15.2. The van der Waals surface area contributed by atoms with Crippen LogP contribution in [0.15, 0.2) is 35.4 Å². The first kappa shape index (κ1) is 14.4. The van der Waals surface area contributed by atoms with Crippen LogP contribution in [-0.4, -0.2) is 44.2 Å². The highest BCUT2D eigenvalue weighted by Crippen LogP contribution is 2.41. The maximum absolute atomic E-state index is 14.9. The van der Waals surface area contributed by atoms with Gasteiger partial charge in [0.2, 0.25) is 5.67 Å². The van der Waals surface area contributed by atoms with Crippen molar-refractivity contribution in [2.75, 3.05) is 12.3 Å². The largest absolute Gasteiger partial charge is 0.394 e. The molecule has 1 aliphatic rings. The number of nitrogen functional groups attached to an aromatic ring is 1. The topological polar surface area (TPSA) is 111 Å². The molecular weight excluding hydrogens is 269 g/mol. The molecule has 0 spiro atoms. The maximum atomic E-state index is 14.9. The van der Waals surface area contributed by atoms with Crippen LogP contribution in [0.1, 0.15) is 6.23 Å². The molecule has 4 atom stereocenters. The van der Waals surface area contributed by atoms with Crippen LogP contribution in [-0.2, 0) is 4.74 Å². The SMILES string of the molecule is C=C=CC1(F)C(O)[C@@H](CO)O[C@H]1n1ccc(N)nc1=O. The third-order valence-electron chi connectivity index (χ3n) is 3.10. The van der Waals surface area contributed by atoms with Crippen molar-refractivity contribution in [1.29, 1.82) is 0 Å². The number of anilines is 1. The van der Waals surface area contributed by atoms with E-state index in [1.54, 1.807) is 0 Å². The molecule has 0 bridgehead atoms. The Morgan fingerprint density at radius 2 is 2.45 bits per heavy atom. The number of hydrogen-bond donors (Lipinski definition) is 3. The molecule has 4 N–H and O–H groups in total. The minimum Gasteiger partial charge on any atom is -0.394 e. The van der Waals surface area contributed by atoms with Crippen molar-refractivity contribution in [2.45, 2.75) is 24.1 Å². The highest BCUT2D eigenvalue weighted by Gasteiger charge is 2.57. The molecule has 108 valence electrons. The molecule has 1 fully saturated rings. The van der Waals surface area contributed by atoms with Gasteiger partial charge in [0.1, 0.15) is 18.0 Å². The van der Waals surface area contributed by atoms with E-state index in [9.17, 15) is 14.3 Å². The molecule has 7 nitrogen and oxygen atoms in total. The zero-order chi connectivity index (χ0) is 14.9. The molecule has 1 aliphatic heterocycles. The lowest BCUT2D eigenvalue weighted by Gasteiger charge is -2.25. The Hall–Kier alpha value is -1.99. The second-order valence-electron chi connectivity index (χ2n) is 4.37. The Labute approximate surface area is 113 Å². The van der Waals surface area contributed by atoms with Gasteiger partial charge in [-0.3, -0.25) is 4.57 Å². The fourth-order valence-corrected chi connectivity index (χ4v) is 2.11. The van der Waals surface area contributed by atoms with Crippen molar-refractivity contribution in [3.8, 4) is 0 Å². The second-order valence-corrected chi connectivity index (χ2v) is 4.37. The third-order valence-corrected chi connectivity index (χ3v) is 3.10. The van der Waals surface area contributed by atoms with Gasteiger partial charge in [-0.05, 0) is 6.07 Å². The summed E-state index contributed by atoms with van der Waals surface area (Å²) in [6.07, 6.45) is -2.28. The quantitative estimate of drug-likeness (QED) is 0.622. The fraction of sp³-hybridized carbons (Fsp3) is 0.417. The van der Waals surface area contributed by atoms with E-state index >= 15 is 0 Å². The zero-order valence-electron chi connectivity index (χ0n) is 10.4. The summed E-state index contributed by atoms with van der Waals surface area (Å²) in [6.45, 7) is 2.64. The van der Waals surface area contributed by atoms with Crippen molar-refractivity contribution in [3.63, 3.8) is 0 Å². The van der Waals surface area contributed by atoms with Crippen LogP contribution in [0, 0.1) is 0 Å². The third kappa shape index (κ3) is 2.14. The van der Waals surface area contributed by atoms with Crippen LogP contribution in [0.25, 0.3) is 0 Å². The molecule has 20 heavy (non-hydrogen) atoms. The minimum atomic E-state index is -2.46. The number of aliphatic hydroxyl groups excluding tert-OH is 2. The summed E-state index contributed by atoms with van der Waals surface area (Å²) in [5, 5.41) is 19.0. The number of nitrogens with zero attached hydrogens (tertiary/aromatic N) is 2. The molecule has 2 heterocycles. The maximum Gasteiger partial charge on any atom is 0.351 e. The van der Waals surface area contributed by atoms with Gasteiger partial charge in [-0.15, -0.1) is 5.73 Å². The van der Waals surface area contributed by atoms with Crippen molar-refractivity contribution >= 4 is 5.82 Å². The number of hydrogen-bond acceptors (Lipinski definition) is 6. The van der Waals surface area contributed by atoms with Crippen LogP contribution in [0.4, 0.5) is 10.2 Å². The summed E-state index contributed by atoms with van der Waals surface area (Å²) < 4.78 is 21.0. The van der Waals surface area contributed by atoms with E-state index in [4.69, 9.17) is 15.6 Å². The number of alkyl halides is 1. The molecule has 2 rings (SSSR count). The number of aliphatic hydroxyl groups is 2. The zero-order valence-corrected chi connectivity index (χ0v) is 10.4. The molecule has 0 aliphatic carbocycles. The lowest BCUT2D eigenvalue weighted by molar-refractivity contribution is -0.0554. The van der Waals surface area contributed by atoms with E-state index in [-0.39, 0.29) is 5.82 Å². The number of ether oxygens (including phenoxy) is 1. The molecule has 0 saturated carbocycles. The van der Waals surface area contributed by atoms with E-state index in [0.29, 0.717) is 0 Å². The number of nitrogens with two attached hydrogens (primary N) is 1. The highest BCUT2D eigenvalue weighted by molar-refractivity contribution is 5.24. The van der Waals surface area contributed by atoms with Crippen LogP contribution in [0.2, 0.25) is 0 Å². The molecule has 1 aromatic rings. The Bertz CT molecular complexity index is 613. The van der Waals surface area contributed by atoms with E-state index < -0.39 is 36.4 Å². The standard InChI is InChI=1S/C12H14FN3O4/c1-2-4-12(13)9(18)7(6-17)20-10(12)16-5-3-8(14)15-11(16)19/h3-5,7,9-10,17-18H,1,6H2,(H2,14,15,19)/t7-,9?,10-,12?/m1/s1. The van der Waals surface area contributed by atoms with Crippen LogP contribution in [0.3, 0.4) is 0 Å². The first-order chi connectivity index (χ1) is 9.43. The Kier molecular flexibility index (Phi) is 3.74. The van der Waals surface area contributed by atoms with E-state index in [1.807, 2.05) is 0 Å². The average Bonchev–Trinajstić information content (AvgIpc) is 2.63. The smallest absolute Gasteiger partial charge is 0.351 e. The molecular formula is C12H14FN3O4. The van der Waals surface area contributed by atoms with Gasteiger partial charge >= 0.3 is 5.69 Å². The monoisotopic (exact) mass is 283 g/mol. The number of rotatable bonds is 3. The molecule has 2 unspecified atom stereocenters. The molecule has 0 amide bonds. The van der Waals surface area contributed by atoms with Crippen molar-refractivity contribution in [2.24, 2.45) is 0 Å². The molecule has 1 saturated heterocycles. The molecule has 8 heteroatoms. The fourth-order valence-electron chi connectivity index (χ4n) is 2.11. The first-order valence-corrected chi connectivity index (χ1v) is 5.79. The van der Waals surface area contributed by atoms with Gasteiger partial charge in [0.15, 0.2) is 6.23 Å². The summed E-state index contributed by atoms with van der Waals surface area (Å²) in [7, 11) is 0. The average molecular weight is 283 g/mol. The lowest BCUT2D eigenvalue weighted by atomic mass is 9.96. The first-order valence-electron chi connectivity index (χ1n) is 5.79. The van der Waals surface area contributed by atoms with E-state index in [1.165, 1.54) is 12.3 Å². The van der Waals surface area contributed by atoms with E-state index in [0.717, 1.165) is 10.6 Å². The van der Waals surface area contributed by atoms with Gasteiger partial charge in [0.25, 0.3) is 0 Å². The predicted octanol–water partition coefficient (Wildman–Crippen LogP) is -0.875. The van der Waals surface area contributed by atoms with Crippen LogP contribution >= 0.6 is 0 Å². The minimum absolute atomic E-state index is 0.0211. The number of aromatic nitrogens is 2. The van der Waals surface area contributed by atoms with Gasteiger partial charge < -0.3 is 20.7 Å². The highest BCUT2D eigenvalue weighted by atomic mass is 19.1. The molecule has 1 aromatic heterocycles. The van der Waals surface area contributed by atoms with E-state index in [2.05, 4.69) is 17.3 Å². The molecule has 0 radical (unpaired) electrons. The van der Waals surface area contributed by atoms with Crippen molar-refractivity contribution in [1.82, 2.24) is 9.55 Å². The van der Waals surface area contributed by atoms with Gasteiger partial charge in [-0.2, -0.15) is 4.98 Å². The summed E-state index contributed by atoms with van der Waals surface area (Å²) in [5.74, 6) is -0.0211.